The number of hydrogen-bond donors (Lipinski definition) is 2. The zero-order valence-electron chi connectivity index (χ0n) is 9.77. The van der Waals surface area contributed by atoms with Crippen molar-refractivity contribution in [2.45, 2.75) is 6.92 Å². The van der Waals surface area contributed by atoms with E-state index in [1.165, 1.54) is 6.07 Å². The predicted molar refractivity (Wildman–Crippen MR) is 74.9 cm³/mol. The van der Waals surface area contributed by atoms with Crippen LogP contribution in [0, 0.1) is 6.92 Å². The molecule has 0 unspecified atom stereocenters. The average molecular weight is 306 g/mol. The van der Waals surface area contributed by atoms with Gasteiger partial charge < -0.3 is 10.4 Å². The van der Waals surface area contributed by atoms with Crippen LogP contribution < -0.4 is 5.32 Å². The SMILES string of the molecule is Cc1ccc(C(=O)Nc2cccc(O)c2)cc1Br. The number of aromatic hydroxyl groups is 1. The summed E-state index contributed by atoms with van der Waals surface area (Å²) in [5, 5.41) is 12.0. The maximum atomic E-state index is 12.0. The lowest BCUT2D eigenvalue weighted by atomic mass is 10.1. The molecule has 3 nitrogen and oxygen atoms in total. The molecule has 0 heterocycles. The van der Waals surface area contributed by atoms with Gasteiger partial charge in [-0.25, -0.2) is 0 Å². The van der Waals surface area contributed by atoms with Crippen LogP contribution in [0.5, 0.6) is 5.75 Å². The van der Waals surface area contributed by atoms with Gasteiger partial charge in [-0.15, -0.1) is 0 Å². The maximum absolute atomic E-state index is 12.0. The highest BCUT2D eigenvalue weighted by atomic mass is 79.9. The van der Waals surface area contributed by atoms with E-state index in [4.69, 9.17) is 0 Å². The Morgan fingerprint density at radius 1 is 1.22 bits per heavy atom. The molecule has 2 N–H and O–H groups in total. The molecule has 2 rings (SSSR count). The number of halogens is 1. The monoisotopic (exact) mass is 305 g/mol. The number of hydrogen-bond acceptors (Lipinski definition) is 2. The Morgan fingerprint density at radius 3 is 2.67 bits per heavy atom. The summed E-state index contributed by atoms with van der Waals surface area (Å²) in [4.78, 5) is 12.0. The predicted octanol–water partition coefficient (Wildman–Crippen LogP) is 3.72. The molecule has 2 aromatic rings. The fourth-order valence-corrected chi connectivity index (χ4v) is 1.90. The normalized spacial score (nSPS) is 10.1. The number of carbonyl (C=O) groups excluding carboxylic acids is 1. The van der Waals surface area contributed by atoms with Gasteiger partial charge in [0.25, 0.3) is 5.91 Å². The second kappa shape index (κ2) is 5.23. The third kappa shape index (κ3) is 2.90. The van der Waals surface area contributed by atoms with E-state index in [0.717, 1.165) is 10.0 Å². The molecule has 0 aliphatic heterocycles. The van der Waals surface area contributed by atoms with Crippen molar-refractivity contribution in [3.8, 4) is 5.75 Å². The third-order valence-electron chi connectivity index (χ3n) is 2.54. The summed E-state index contributed by atoms with van der Waals surface area (Å²) in [6.07, 6.45) is 0. The number of phenolic OH excluding ortho intramolecular Hbond substituents is 1. The molecule has 0 aromatic heterocycles. The molecule has 2 aromatic carbocycles. The molecule has 0 bridgehead atoms. The fourth-order valence-electron chi connectivity index (χ4n) is 1.52. The van der Waals surface area contributed by atoms with Crippen LogP contribution >= 0.6 is 15.9 Å². The number of rotatable bonds is 2. The lowest BCUT2D eigenvalue weighted by Crippen LogP contribution is -2.11. The van der Waals surface area contributed by atoms with E-state index in [1.807, 2.05) is 13.0 Å². The molecule has 0 saturated heterocycles. The van der Waals surface area contributed by atoms with Crippen molar-refractivity contribution in [2.75, 3.05) is 5.32 Å². The molecular weight excluding hydrogens is 294 g/mol. The Morgan fingerprint density at radius 2 is 2.00 bits per heavy atom. The first kappa shape index (κ1) is 12.6. The molecule has 0 aliphatic carbocycles. The first-order chi connectivity index (χ1) is 8.56. The van der Waals surface area contributed by atoms with Crippen LogP contribution in [0.2, 0.25) is 0 Å². The lowest BCUT2D eigenvalue weighted by molar-refractivity contribution is 0.102. The van der Waals surface area contributed by atoms with Gasteiger partial charge in [0.2, 0.25) is 0 Å². The van der Waals surface area contributed by atoms with Gasteiger partial charge in [-0.3, -0.25) is 4.79 Å². The minimum atomic E-state index is -0.207. The highest BCUT2D eigenvalue weighted by Crippen LogP contribution is 2.20. The van der Waals surface area contributed by atoms with E-state index >= 15 is 0 Å². The van der Waals surface area contributed by atoms with E-state index in [0.29, 0.717) is 11.3 Å². The molecule has 0 radical (unpaired) electrons. The summed E-state index contributed by atoms with van der Waals surface area (Å²) >= 11 is 3.39. The molecule has 0 aliphatic rings. The maximum Gasteiger partial charge on any atom is 0.255 e. The van der Waals surface area contributed by atoms with Crippen LogP contribution in [0.1, 0.15) is 15.9 Å². The Hall–Kier alpha value is -1.81. The number of amides is 1. The highest BCUT2D eigenvalue weighted by Gasteiger charge is 2.07. The topological polar surface area (TPSA) is 49.3 Å². The van der Waals surface area contributed by atoms with Gasteiger partial charge in [0.15, 0.2) is 0 Å². The fraction of sp³-hybridized carbons (Fsp3) is 0.0714. The van der Waals surface area contributed by atoms with Gasteiger partial charge >= 0.3 is 0 Å². The van der Waals surface area contributed by atoms with Crippen molar-refractivity contribution >= 4 is 27.5 Å². The molecule has 92 valence electrons. The number of phenols is 1. The van der Waals surface area contributed by atoms with Gasteiger partial charge in [-0.2, -0.15) is 0 Å². The minimum absolute atomic E-state index is 0.123. The summed E-state index contributed by atoms with van der Waals surface area (Å²) in [7, 11) is 0. The number of nitrogens with one attached hydrogen (secondary N) is 1. The van der Waals surface area contributed by atoms with Gasteiger partial charge in [-0.05, 0) is 36.8 Å². The van der Waals surface area contributed by atoms with Crippen molar-refractivity contribution < 1.29 is 9.90 Å². The van der Waals surface area contributed by atoms with Crippen molar-refractivity contribution in [3.05, 3.63) is 58.1 Å². The smallest absolute Gasteiger partial charge is 0.255 e. The lowest BCUT2D eigenvalue weighted by Gasteiger charge is -2.07. The quantitative estimate of drug-likeness (QED) is 0.888. The van der Waals surface area contributed by atoms with E-state index < -0.39 is 0 Å². The van der Waals surface area contributed by atoms with Gasteiger partial charge in [0, 0.05) is 21.8 Å². The van der Waals surface area contributed by atoms with Crippen LogP contribution in [-0.4, -0.2) is 11.0 Å². The zero-order valence-corrected chi connectivity index (χ0v) is 11.4. The standard InChI is InChI=1S/C14H12BrNO2/c1-9-5-6-10(7-13(9)15)14(18)16-11-3-2-4-12(17)8-11/h2-8,17H,1H3,(H,16,18). The molecule has 0 saturated carbocycles. The zero-order chi connectivity index (χ0) is 13.1. The first-order valence-corrected chi connectivity index (χ1v) is 6.22. The van der Waals surface area contributed by atoms with Crippen LogP contribution in [0.3, 0.4) is 0 Å². The first-order valence-electron chi connectivity index (χ1n) is 5.43. The molecule has 18 heavy (non-hydrogen) atoms. The van der Waals surface area contributed by atoms with Gasteiger partial charge in [-0.1, -0.05) is 28.1 Å². The van der Waals surface area contributed by atoms with Crippen molar-refractivity contribution in [3.63, 3.8) is 0 Å². The average Bonchev–Trinajstić information content (AvgIpc) is 2.32. The molecular formula is C14H12BrNO2. The number of aryl methyl sites for hydroxylation is 1. The molecule has 4 heteroatoms. The van der Waals surface area contributed by atoms with Crippen LogP contribution in [0.4, 0.5) is 5.69 Å². The van der Waals surface area contributed by atoms with Crippen molar-refractivity contribution in [1.82, 2.24) is 0 Å². The molecule has 0 fully saturated rings. The highest BCUT2D eigenvalue weighted by molar-refractivity contribution is 9.10. The second-order valence-corrected chi connectivity index (χ2v) is 4.82. The van der Waals surface area contributed by atoms with Crippen LogP contribution in [0.15, 0.2) is 46.9 Å². The third-order valence-corrected chi connectivity index (χ3v) is 3.39. The van der Waals surface area contributed by atoms with E-state index in [-0.39, 0.29) is 11.7 Å². The largest absolute Gasteiger partial charge is 0.508 e. The summed E-state index contributed by atoms with van der Waals surface area (Å²) in [5.41, 5.74) is 2.21. The number of benzene rings is 2. The summed E-state index contributed by atoms with van der Waals surface area (Å²) < 4.78 is 0.894. The van der Waals surface area contributed by atoms with E-state index in [2.05, 4.69) is 21.2 Å². The van der Waals surface area contributed by atoms with Gasteiger partial charge in [0.1, 0.15) is 5.75 Å². The molecule has 0 atom stereocenters. The molecule has 1 amide bonds. The van der Waals surface area contributed by atoms with Crippen LogP contribution in [-0.2, 0) is 0 Å². The van der Waals surface area contributed by atoms with Crippen LogP contribution in [0.25, 0.3) is 0 Å². The Kier molecular flexibility index (Phi) is 3.67. The van der Waals surface area contributed by atoms with Crippen molar-refractivity contribution in [2.24, 2.45) is 0 Å². The Labute approximate surface area is 114 Å². The number of anilines is 1. The van der Waals surface area contributed by atoms with E-state index in [9.17, 15) is 9.90 Å². The molecule has 0 spiro atoms. The van der Waals surface area contributed by atoms with Gasteiger partial charge in [0.05, 0.1) is 0 Å². The summed E-state index contributed by atoms with van der Waals surface area (Å²) in [6.45, 7) is 1.96. The summed E-state index contributed by atoms with van der Waals surface area (Å²) in [6, 6.07) is 11.9. The number of carbonyl (C=O) groups is 1. The Bertz CT molecular complexity index is 596. The van der Waals surface area contributed by atoms with E-state index in [1.54, 1.807) is 30.3 Å². The Balaban J connectivity index is 2.19. The second-order valence-electron chi connectivity index (χ2n) is 3.97. The van der Waals surface area contributed by atoms with Crippen molar-refractivity contribution in [1.29, 1.82) is 0 Å². The minimum Gasteiger partial charge on any atom is -0.508 e. The summed E-state index contributed by atoms with van der Waals surface area (Å²) in [5.74, 6) is -0.0841.